The lowest BCUT2D eigenvalue weighted by molar-refractivity contribution is 0.0305. The first-order chi connectivity index (χ1) is 8.67. The van der Waals surface area contributed by atoms with Gasteiger partial charge in [0.1, 0.15) is 11.6 Å². The van der Waals surface area contributed by atoms with Crippen molar-refractivity contribution in [1.29, 1.82) is 0 Å². The highest BCUT2D eigenvalue weighted by atomic mass is 19.1. The molecule has 0 aromatic heterocycles. The van der Waals surface area contributed by atoms with E-state index in [1.807, 2.05) is 13.8 Å². The van der Waals surface area contributed by atoms with Crippen molar-refractivity contribution < 1.29 is 13.9 Å². The lowest BCUT2D eigenvalue weighted by atomic mass is 9.99. The zero-order valence-corrected chi connectivity index (χ0v) is 11.1. The molecule has 0 saturated heterocycles. The molecule has 0 fully saturated rings. The average molecular weight is 256 g/mol. The first kappa shape index (κ1) is 14.9. The zero-order chi connectivity index (χ0) is 13.5. The molecule has 0 aliphatic rings. The van der Waals surface area contributed by atoms with Crippen LogP contribution in [0.1, 0.15) is 31.9 Å². The topological polar surface area (TPSA) is 56.5 Å². The van der Waals surface area contributed by atoms with E-state index in [-0.39, 0.29) is 18.0 Å². The van der Waals surface area contributed by atoms with Crippen molar-refractivity contribution in [2.45, 2.75) is 32.4 Å². The molecule has 0 aliphatic carbocycles. The van der Waals surface area contributed by atoms with Gasteiger partial charge in [-0.1, -0.05) is 13.0 Å². The molecule has 1 aromatic carbocycles. The predicted octanol–water partition coefficient (Wildman–Crippen LogP) is 2.15. The third-order valence-electron chi connectivity index (χ3n) is 2.88. The monoisotopic (exact) mass is 256 g/mol. The van der Waals surface area contributed by atoms with Crippen LogP contribution in [0, 0.1) is 5.82 Å². The number of rotatable bonds is 7. The van der Waals surface area contributed by atoms with Gasteiger partial charge in [-0.2, -0.15) is 0 Å². The number of benzene rings is 1. The fourth-order valence-electron chi connectivity index (χ4n) is 1.95. The Morgan fingerprint density at radius 2 is 2.11 bits per heavy atom. The van der Waals surface area contributed by atoms with E-state index in [0.717, 1.165) is 6.42 Å². The van der Waals surface area contributed by atoms with E-state index < -0.39 is 0 Å². The third-order valence-corrected chi connectivity index (χ3v) is 2.88. The van der Waals surface area contributed by atoms with Crippen LogP contribution in [0.25, 0.3) is 0 Å². The smallest absolute Gasteiger partial charge is 0.131 e. The van der Waals surface area contributed by atoms with Crippen molar-refractivity contribution in [2.24, 2.45) is 5.84 Å². The van der Waals surface area contributed by atoms with Gasteiger partial charge in [-0.05, 0) is 19.4 Å². The van der Waals surface area contributed by atoms with Crippen LogP contribution in [0.3, 0.4) is 0 Å². The van der Waals surface area contributed by atoms with Crippen LogP contribution in [0.2, 0.25) is 0 Å². The second-order valence-electron chi connectivity index (χ2n) is 3.93. The van der Waals surface area contributed by atoms with E-state index in [2.05, 4.69) is 5.43 Å². The summed E-state index contributed by atoms with van der Waals surface area (Å²) in [4.78, 5) is 0. The second-order valence-corrected chi connectivity index (χ2v) is 3.93. The molecule has 18 heavy (non-hydrogen) atoms. The van der Waals surface area contributed by atoms with Crippen molar-refractivity contribution in [3.8, 4) is 5.75 Å². The molecule has 0 heterocycles. The molecule has 1 aromatic rings. The summed E-state index contributed by atoms with van der Waals surface area (Å²) in [7, 11) is 1.50. The fraction of sp³-hybridized carbons (Fsp3) is 0.538. The number of ether oxygens (including phenoxy) is 2. The third kappa shape index (κ3) is 3.41. The summed E-state index contributed by atoms with van der Waals surface area (Å²) in [5.74, 6) is 5.65. The maximum atomic E-state index is 14.0. The molecule has 2 unspecified atom stereocenters. The highest BCUT2D eigenvalue weighted by Crippen LogP contribution is 2.26. The Morgan fingerprint density at radius 1 is 1.39 bits per heavy atom. The second kappa shape index (κ2) is 7.31. The van der Waals surface area contributed by atoms with Gasteiger partial charge >= 0.3 is 0 Å². The fourth-order valence-corrected chi connectivity index (χ4v) is 1.95. The Balaban J connectivity index is 3.00. The zero-order valence-electron chi connectivity index (χ0n) is 11.1. The number of nitrogens with one attached hydrogen (secondary N) is 1. The molecule has 0 bridgehead atoms. The minimum Gasteiger partial charge on any atom is -0.497 e. The van der Waals surface area contributed by atoms with Crippen molar-refractivity contribution in [3.63, 3.8) is 0 Å². The van der Waals surface area contributed by atoms with Gasteiger partial charge < -0.3 is 9.47 Å². The Kier molecular flexibility index (Phi) is 6.04. The number of nitrogens with two attached hydrogens (primary N) is 1. The normalized spacial score (nSPS) is 14.3. The van der Waals surface area contributed by atoms with E-state index in [9.17, 15) is 4.39 Å². The summed E-state index contributed by atoms with van der Waals surface area (Å²) in [6, 6.07) is 4.35. The maximum Gasteiger partial charge on any atom is 0.131 e. The number of methoxy groups -OCH3 is 1. The van der Waals surface area contributed by atoms with Crippen LogP contribution in [0.5, 0.6) is 5.75 Å². The van der Waals surface area contributed by atoms with E-state index in [1.165, 1.54) is 13.2 Å². The minimum atomic E-state index is -0.374. The highest BCUT2D eigenvalue weighted by Gasteiger charge is 2.24. The van der Waals surface area contributed by atoms with Gasteiger partial charge in [0.05, 0.1) is 19.3 Å². The largest absolute Gasteiger partial charge is 0.497 e. The van der Waals surface area contributed by atoms with Crippen LogP contribution >= 0.6 is 0 Å². The molecule has 2 atom stereocenters. The average Bonchev–Trinajstić information content (AvgIpc) is 2.39. The Labute approximate surface area is 107 Å². The Bertz CT molecular complexity index is 374. The maximum absolute atomic E-state index is 14.0. The van der Waals surface area contributed by atoms with Crippen molar-refractivity contribution in [2.75, 3.05) is 13.7 Å². The number of hydrogen-bond acceptors (Lipinski definition) is 4. The molecule has 1 rings (SSSR count). The van der Waals surface area contributed by atoms with Gasteiger partial charge in [-0.3, -0.25) is 11.3 Å². The van der Waals surface area contributed by atoms with Crippen LogP contribution in [0.15, 0.2) is 18.2 Å². The molecule has 0 aliphatic heterocycles. The van der Waals surface area contributed by atoms with E-state index in [4.69, 9.17) is 15.3 Å². The summed E-state index contributed by atoms with van der Waals surface area (Å²) in [6.45, 7) is 4.45. The van der Waals surface area contributed by atoms with Gasteiger partial charge in [0.15, 0.2) is 0 Å². The van der Waals surface area contributed by atoms with Crippen LogP contribution in [-0.4, -0.2) is 19.8 Å². The van der Waals surface area contributed by atoms with E-state index >= 15 is 0 Å². The SMILES string of the molecule is CCOC(CC)C(NN)c1ccc(OC)cc1F. The molecule has 0 amide bonds. The quantitative estimate of drug-likeness (QED) is 0.580. The van der Waals surface area contributed by atoms with Gasteiger partial charge in [-0.15, -0.1) is 0 Å². The van der Waals surface area contributed by atoms with Gasteiger partial charge in [-0.25, -0.2) is 4.39 Å². The van der Waals surface area contributed by atoms with E-state index in [1.54, 1.807) is 12.1 Å². The lowest BCUT2D eigenvalue weighted by Gasteiger charge is -2.26. The molecule has 3 N–H and O–H groups in total. The molecular formula is C13H21FN2O2. The van der Waals surface area contributed by atoms with Crippen LogP contribution < -0.4 is 16.0 Å². The molecule has 5 heteroatoms. The first-order valence-electron chi connectivity index (χ1n) is 6.09. The number of halogens is 1. The van der Waals surface area contributed by atoms with Gasteiger partial charge in [0.25, 0.3) is 0 Å². The van der Waals surface area contributed by atoms with Gasteiger partial charge in [0, 0.05) is 18.2 Å². The van der Waals surface area contributed by atoms with Crippen molar-refractivity contribution >= 4 is 0 Å². The number of hydrazine groups is 1. The molecular weight excluding hydrogens is 235 g/mol. The van der Waals surface area contributed by atoms with Gasteiger partial charge in [0.2, 0.25) is 0 Å². The summed E-state index contributed by atoms with van der Waals surface area (Å²) in [6.07, 6.45) is 0.580. The Morgan fingerprint density at radius 3 is 2.56 bits per heavy atom. The predicted molar refractivity (Wildman–Crippen MR) is 68.7 cm³/mol. The summed E-state index contributed by atoms with van der Waals surface area (Å²) < 4.78 is 24.5. The molecule has 4 nitrogen and oxygen atoms in total. The Hall–Kier alpha value is -1.17. The minimum absolute atomic E-state index is 0.164. The van der Waals surface area contributed by atoms with Crippen molar-refractivity contribution in [3.05, 3.63) is 29.6 Å². The highest BCUT2D eigenvalue weighted by molar-refractivity contribution is 5.31. The molecule has 0 saturated carbocycles. The van der Waals surface area contributed by atoms with Crippen LogP contribution in [0.4, 0.5) is 4.39 Å². The number of hydrogen-bond donors (Lipinski definition) is 2. The molecule has 0 radical (unpaired) electrons. The molecule has 0 spiro atoms. The summed E-state index contributed by atoms with van der Waals surface area (Å²) in [5, 5.41) is 0. The standard InChI is InChI=1S/C13H21FN2O2/c1-4-12(18-5-2)13(16-15)10-7-6-9(17-3)8-11(10)14/h6-8,12-13,16H,4-5,15H2,1-3H3. The molecule has 102 valence electrons. The first-order valence-corrected chi connectivity index (χ1v) is 6.09. The van der Waals surface area contributed by atoms with Crippen molar-refractivity contribution in [1.82, 2.24) is 5.43 Å². The lowest BCUT2D eigenvalue weighted by Crippen LogP contribution is -2.38. The summed E-state index contributed by atoms with van der Waals surface area (Å²) in [5.41, 5.74) is 3.11. The van der Waals surface area contributed by atoms with E-state index in [0.29, 0.717) is 17.9 Å². The van der Waals surface area contributed by atoms with Crippen LogP contribution in [-0.2, 0) is 4.74 Å². The summed E-state index contributed by atoms with van der Waals surface area (Å²) >= 11 is 0.